The lowest BCUT2D eigenvalue weighted by Gasteiger charge is -2.27. The molecule has 4 nitrogen and oxygen atoms in total. The lowest BCUT2D eigenvalue weighted by atomic mass is 9.81. The van der Waals surface area contributed by atoms with Crippen molar-refractivity contribution in [2.45, 2.75) is 32.6 Å². The van der Waals surface area contributed by atoms with E-state index in [1.807, 2.05) is 31.2 Å². The van der Waals surface area contributed by atoms with Gasteiger partial charge in [-0.25, -0.2) is 4.39 Å². The largest absolute Gasteiger partial charge is 0.326 e. The number of para-hydroxylation sites is 2. The first-order valence-corrected chi connectivity index (χ1v) is 8.96. The Kier molecular flexibility index (Phi) is 5.66. The third-order valence-electron chi connectivity index (χ3n) is 5.00. The predicted octanol–water partition coefficient (Wildman–Crippen LogP) is 4.52. The van der Waals surface area contributed by atoms with Crippen molar-refractivity contribution in [3.8, 4) is 0 Å². The second kappa shape index (κ2) is 8.13. The number of anilines is 2. The summed E-state index contributed by atoms with van der Waals surface area (Å²) in [6.45, 7) is 1.96. The van der Waals surface area contributed by atoms with Crippen LogP contribution < -0.4 is 10.6 Å². The molecule has 0 bridgehead atoms. The molecular weight excluding hydrogens is 331 g/mol. The van der Waals surface area contributed by atoms with Gasteiger partial charge in [0.05, 0.1) is 5.69 Å². The molecule has 0 aliphatic heterocycles. The molecule has 2 aromatic rings. The van der Waals surface area contributed by atoms with E-state index in [0.29, 0.717) is 25.7 Å². The number of carbonyl (C=O) groups is 2. The number of carbonyl (C=O) groups excluding carboxylic acids is 2. The quantitative estimate of drug-likeness (QED) is 0.848. The summed E-state index contributed by atoms with van der Waals surface area (Å²) in [5.41, 5.74) is 2.06. The average molecular weight is 354 g/mol. The van der Waals surface area contributed by atoms with Crippen LogP contribution in [0.3, 0.4) is 0 Å². The summed E-state index contributed by atoms with van der Waals surface area (Å²) in [7, 11) is 0. The minimum absolute atomic E-state index is 0.00672. The number of hydrogen-bond acceptors (Lipinski definition) is 2. The number of halogens is 1. The molecule has 3 rings (SSSR count). The molecule has 5 heteroatoms. The van der Waals surface area contributed by atoms with E-state index < -0.39 is 5.82 Å². The fourth-order valence-corrected chi connectivity index (χ4v) is 3.36. The number of benzene rings is 2. The molecule has 136 valence electrons. The average Bonchev–Trinajstić information content (AvgIpc) is 2.65. The van der Waals surface area contributed by atoms with E-state index in [-0.39, 0.29) is 29.3 Å². The number of aryl methyl sites for hydroxylation is 1. The highest BCUT2D eigenvalue weighted by Gasteiger charge is 2.30. The number of amides is 2. The maximum Gasteiger partial charge on any atom is 0.227 e. The van der Waals surface area contributed by atoms with Gasteiger partial charge in [0.25, 0.3) is 0 Å². The second-order valence-electron chi connectivity index (χ2n) is 6.82. The minimum atomic E-state index is -0.438. The summed E-state index contributed by atoms with van der Waals surface area (Å²) in [6, 6.07) is 13.8. The molecule has 1 aliphatic rings. The molecule has 0 radical (unpaired) electrons. The van der Waals surface area contributed by atoms with Gasteiger partial charge in [-0.15, -0.1) is 0 Å². The fraction of sp³-hybridized carbons (Fsp3) is 0.333. The lowest BCUT2D eigenvalue weighted by Crippen LogP contribution is -2.32. The van der Waals surface area contributed by atoms with E-state index in [0.717, 1.165) is 11.3 Å². The van der Waals surface area contributed by atoms with Crippen LogP contribution in [-0.4, -0.2) is 11.8 Å². The lowest BCUT2D eigenvalue weighted by molar-refractivity contribution is -0.125. The Morgan fingerprint density at radius 2 is 1.27 bits per heavy atom. The van der Waals surface area contributed by atoms with Crippen LogP contribution in [-0.2, 0) is 9.59 Å². The molecule has 0 unspecified atom stereocenters. The summed E-state index contributed by atoms with van der Waals surface area (Å²) in [5.74, 6) is -0.878. The zero-order chi connectivity index (χ0) is 18.5. The van der Waals surface area contributed by atoms with Gasteiger partial charge < -0.3 is 10.6 Å². The molecule has 2 N–H and O–H groups in total. The Balaban J connectivity index is 1.52. The number of nitrogens with one attached hydrogen (secondary N) is 2. The molecule has 0 atom stereocenters. The first kappa shape index (κ1) is 18.1. The third-order valence-corrected chi connectivity index (χ3v) is 5.00. The van der Waals surface area contributed by atoms with Gasteiger partial charge in [0.1, 0.15) is 5.82 Å². The Bertz CT molecular complexity index is 731. The fourth-order valence-electron chi connectivity index (χ4n) is 3.36. The number of hydrogen-bond donors (Lipinski definition) is 2. The summed E-state index contributed by atoms with van der Waals surface area (Å²) in [4.78, 5) is 24.8. The van der Waals surface area contributed by atoms with Gasteiger partial charge in [0, 0.05) is 17.5 Å². The smallest absolute Gasteiger partial charge is 0.227 e. The standard InChI is InChI=1S/C21H23FN2O2/c1-14-6-2-4-8-18(14)23-20(25)15-10-12-16(13-11-15)21(26)24-19-9-5-3-7-17(19)22/h2-9,15-16H,10-13H2,1H3,(H,23,25)(H,24,26). The normalized spacial score (nSPS) is 19.6. The van der Waals surface area contributed by atoms with Crippen LogP contribution in [0.15, 0.2) is 48.5 Å². The molecule has 1 saturated carbocycles. The van der Waals surface area contributed by atoms with Crippen molar-refractivity contribution in [3.63, 3.8) is 0 Å². The van der Waals surface area contributed by atoms with E-state index in [4.69, 9.17) is 0 Å². The molecule has 0 heterocycles. The van der Waals surface area contributed by atoms with Crippen LogP contribution in [0, 0.1) is 24.6 Å². The van der Waals surface area contributed by atoms with Crippen molar-refractivity contribution in [1.29, 1.82) is 0 Å². The van der Waals surface area contributed by atoms with Gasteiger partial charge >= 0.3 is 0 Å². The van der Waals surface area contributed by atoms with Crippen LogP contribution in [0.1, 0.15) is 31.2 Å². The van der Waals surface area contributed by atoms with Crippen molar-refractivity contribution < 1.29 is 14.0 Å². The van der Waals surface area contributed by atoms with Crippen LogP contribution >= 0.6 is 0 Å². The van der Waals surface area contributed by atoms with Gasteiger partial charge in [0.15, 0.2) is 0 Å². The monoisotopic (exact) mass is 354 g/mol. The number of rotatable bonds is 4. The first-order chi connectivity index (χ1) is 12.5. The molecule has 1 fully saturated rings. The minimum Gasteiger partial charge on any atom is -0.326 e. The summed E-state index contributed by atoms with van der Waals surface area (Å²) in [6.07, 6.45) is 2.58. The molecular formula is C21H23FN2O2. The summed E-state index contributed by atoms with van der Waals surface area (Å²) < 4.78 is 13.7. The zero-order valence-corrected chi connectivity index (χ0v) is 14.8. The van der Waals surface area contributed by atoms with Crippen LogP contribution in [0.2, 0.25) is 0 Å². The second-order valence-corrected chi connectivity index (χ2v) is 6.82. The van der Waals surface area contributed by atoms with E-state index >= 15 is 0 Å². The van der Waals surface area contributed by atoms with Gasteiger partial charge in [0.2, 0.25) is 11.8 Å². The molecule has 1 aliphatic carbocycles. The summed E-state index contributed by atoms with van der Waals surface area (Å²) >= 11 is 0. The Morgan fingerprint density at radius 3 is 1.81 bits per heavy atom. The molecule has 26 heavy (non-hydrogen) atoms. The Hall–Kier alpha value is -2.69. The van der Waals surface area contributed by atoms with Gasteiger partial charge in [-0.3, -0.25) is 9.59 Å². The van der Waals surface area contributed by atoms with Crippen molar-refractivity contribution in [3.05, 3.63) is 59.9 Å². The topological polar surface area (TPSA) is 58.2 Å². The Morgan fingerprint density at radius 1 is 0.808 bits per heavy atom. The third kappa shape index (κ3) is 4.28. The molecule has 2 amide bonds. The maximum absolute atomic E-state index is 13.7. The van der Waals surface area contributed by atoms with E-state index in [1.54, 1.807) is 18.2 Å². The SMILES string of the molecule is Cc1ccccc1NC(=O)C1CCC(C(=O)Nc2ccccc2F)CC1. The molecule has 2 aromatic carbocycles. The van der Waals surface area contributed by atoms with E-state index in [1.165, 1.54) is 6.07 Å². The maximum atomic E-state index is 13.7. The van der Waals surface area contributed by atoms with Crippen molar-refractivity contribution in [2.24, 2.45) is 11.8 Å². The van der Waals surface area contributed by atoms with Gasteiger partial charge in [-0.2, -0.15) is 0 Å². The Labute approximate surface area is 152 Å². The van der Waals surface area contributed by atoms with Crippen molar-refractivity contribution in [2.75, 3.05) is 10.6 Å². The zero-order valence-electron chi connectivity index (χ0n) is 14.8. The van der Waals surface area contributed by atoms with Crippen molar-refractivity contribution >= 4 is 23.2 Å². The van der Waals surface area contributed by atoms with E-state index in [2.05, 4.69) is 10.6 Å². The molecule has 0 aromatic heterocycles. The van der Waals surface area contributed by atoms with Crippen molar-refractivity contribution in [1.82, 2.24) is 0 Å². The predicted molar refractivity (Wildman–Crippen MR) is 100 cm³/mol. The molecule has 0 spiro atoms. The van der Waals surface area contributed by atoms with Gasteiger partial charge in [-0.05, 0) is 56.4 Å². The van der Waals surface area contributed by atoms with E-state index in [9.17, 15) is 14.0 Å². The van der Waals surface area contributed by atoms with Gasteiger partial charge in [-0.1, -0.05) is 30.3 Å². The van der Waals surface area contributed by atoms with Crippen LogP contribution in [0.5, 0.6) is 0 Å². The highest BCUT2D eigenvalue weighted by atomic mass is 19.1. The van der Waals surface area contributed by atoms with Crippen LogP contribution in [0.4, 0.5) is 15.8 Å². The van der Waals surface area contributed by atoms with Crippen LogP contribution in [0.25, 0.3) is 0 Å². The highest BCUT2D eigenvalue weighted by molar-refractivity contribution is 5.94. The molecule has 0 saturated heterocycles. The summed E-state index contributed by atoms with van der Waals surface area (Å²) in [5, 5.41) is 5.64. The first-order valence-electron chi connectivity index (χ1n) is 8.96. The highest BCUT2D eigenvalue weighted by Crippen LogP contribution is 2.31.